The average Bonchev–Trinajstić information content (AvgIpc) is 2.99. The van der Waals surface area contributed by atoms with E-state index >= 15 is 0 Å². The zero-order valence-corrected chi connectivity index (χ0v) is 12.0. The van der Waals surface area contributed by atoms with Gasteiger partial charge in [-0.15, -0.1) is 0 Å². The number of likely N-dealkylation sites (tertiary alicyclic amines) is 1. The molecule has 0 spiro atoms. The van der Waals surface area contributed by atoms with Crippen molar-refractivity contribution in [3.05, 3.63) is 0 Å². The van der Waals surface area contributed by atoms with Crippen LogP contribution in [0, 0.1) is 0 Å². The Labute approximate surface area is 119 Å². The van der Waals surface area contributed by atoms with Crippen molar-refractivity contribution < 1.29 is 9.59 Å². The van der Waals surface area contributed by atoms with Crippen molar-refractivity contribution in [3.8, 4) is 0 Å². The molecule has 6 nitrogen and oxygen atoms in total. The first-order valence-corrected chi connectivity index (χ1v) is 7.67. The molecular formula is C14H24N4O2. The van der Waals surface area contributed by atoms with E-state index in [0.29, 0.717) is 19.6 Å². The molecule has 20 heavy (non-hydrogen) atoms. The number of nitrogens with two attached hydrogens (primary N) is 1. The second-order valence-electron chi connectivity index (χ2n) is 6.31. The summed E-state index contributed by atoms with van der Waals surface area (Å²) in [5, 5.41) is 0. The molecule has 0 atom stereocenters. The maximum absolute atomic E-state index is 12.1. The summed E-state index contributed by atoms with van der Waals surface area (Å²) < 4.78 is 0. The molecule has 3 fully saturated rings. The number of carbonyl (C=O) groups is 2. The van der Waals surface area contributed by atoms with E-state index in [2.05, 4.69) is 4.90 Å². The largest absolute Gasteiger partial charge is 0.342 e. The number of carbonyl (C=O) groups excluding carboxylic acids is 2. The highest BCUT2D eigenvalue weighted by molar-refractivity contribution is 5.89. The Bertz CT molecular complexity index is 394. The van der Waals surface area contributed by atoms with Gasteiger partial charge in [-0.1, -0.05) is 0 Å². The van der Waals surface area contributed by atoms with Crippen LogP contribution in [-0.4, -0.2) is 77.9 Å². The summed E-state index contributed by atoms with van der Waals surface area (Å²) in [7, 11) is 0. The van der Waals surface area contributed by atoms with Gasteiger partial charge in [-0.2, -0.15) is 0 Å². The highest BCUT2D eigenvalue weighted by Crippen LogP contribution is 2.34. The first-order valence-electron chi connectivity index (χ1n) is 7.67. The minimum atomic E-state index is -0.562. The lowest BCUT2D eigenvalue weighted by molar-refractivity contribution is -0.136. The highest BCUT2D eigenvalue weighted by atomic mass is 16.2. The Kier molecular flexibility index (Phi) is 3.69. The third kappa shape index (κ3) is 2.81. The predicted octanol–water partition coefficient (Wildman–Crippen LogP) is -0.756. The van der Waals surface area contributed by atoms with Gasteiger partial charge in [-0.3, -0.25) is 14.5 Å². The first-order chi connectivity index (χ1) is 9.58. The Morgan fingerprint density at radius 3 is 2.05 bits per heavy atom. The van der Waals surface area contributed by atoms with E-state index in [4.69, 9.17) is 5.73 Å². The summed E-state index contributed by atoms with van der Waals surface area (Å²) in [5.74, 6) is 0.336. The van der Waals surface area contributed by atoms with Crippen molar-refractivity contribution in [1.82, 2.24) is 14.7 Å². The van der Waals surface area contributed by atoms with Crippen LogP contribution in [0.3, 0.4) is 0 Å². The SMILES string of the molecule is NC1(C(=O)N2CCN(CC(=O)N3CCCC3)CC2)CC1. The van der Waals surface area contributed by atoms with Crippen LogP contribution in [0.2, 0.25) is 0 Å². The fourth-order valence-electron chi connectivity index (χ4n) is 3.03. The molecule has 112 valence electrons. The number of hydrogen-bond donors (Lipinski definition) is 1. The van der Waals surface area contributed by atoms with Gasteiger partial charge in [-0.25, -0.2) is 0 Å². The molecule has 2 heterocycles. The molecular weight excluding hydrogens is 256 g/mol. The first kappa shape index (κ1) is 13.8. The molecule has 0 aromatic heterocycles. The van der Waals surface area contributed by atoms with Crippen molar-refractivity contribution in [2.75, 3.05) is 45.8 Å². The molecule has 2 aliphatic heterocycles. The summed E-state index contributed by atoms with van der Waals surface area (Å²) in [4.78, 5) is 30.2. The molecule has 2 saturated heterocycles. The Morgan fingerprint density at radius 2 is 1.50 bits per heavy atom. The van der Waals surface area contributed by atoms with E-state index < -0.39 is 5.54 Å². The van der Waals surface area contributed by atoms with Crippen LogP contribution in [-0.2, 0) is 9.59 Å². The van der Waals surface area contributed by atoms with Crippen LogP contribution >= 0.6 is 0 Å². The molecule has 2 amide bonds. The van der Waals surface area contributed by atoms with Crippen molar-refractivity contribution in [3.63, 3.8) is 0 Å². The van der Waals surface area contributed by atoms with E-state index in [1.807, 2.05) is 9.80 Å². The highest BCUT2D eigenvalue weighted by Gasteiger charge is 2.48. The topological polar surface area (TPSA) is 69.9 Å². The van der Waals surface area contributed by atoms with E-state index in [1.165, 1.54) is 0 Å². The summed E-state index contributed by atoms with van der Waals surface area (Å²) in [6.45, 7) is 5.27. The van der Waals surface area contributed by atoms with E-state index in [0.717, 1.165) is 51.9 Å². The van der Waals surface area contributed by atoms with Gasteiger partial charge in [0.2, 0.25) is 11.8 Å². The molecule has 0 aromatic carbocycles. The number of rotatable bonds is 3. The Morgan fingerprint density at radius 1 is 0.900 bits per heavy atom. The normalized spacial score (nSPS) is 25.9. The van der Waals surface area contributed by atoms with Crippen LogP contribution in [0.25, 0.3) is 0 Å². The molecule has 2 N–H and O–H groups in total. The third-order valence-electron chi connectivity index (χ3n) is 4.69. The van der Waals surface area contributed by atoms with Crippen molar-refractivity contribution in [2.45, 2.75) is 31.2 Å². The van der Waals surface area contributed by atoms with Gasteiger partial charge in [0, 0.05) is 39.3 Å². The molecule has 6 heteroatoms. The molecule has 1 saturated carbocycles. The third-order valence-corrected chi connectivity index (χ3v) is 4.69. The smallest absolute Gasteiger partial charge is 0.242 e. The molecule has 3 rings (SSSR count). The van der Waals surface area contributed by atoms with Crippen molar-refractivity contribution in [2.24, 2.45) is 5.73 Å². The van der Waals surface area contributed by atoms with Gasteiger partial charge in [0.1, 0.15) is 0 Å². The summed E-state index contributed by atoms with van der Waals surface area (Å²) in [6, 6.07) is 0. The maximum Gasteiger partial charge on any atom is 0.242 e. The van der Waals surface area contributed by atoms with Crippen LogP contribution in [0.15, 0.2) is 0 Å². The lowest BCUT2D eigenvalue weighted by atomic mass is 10.2. The zero-order valence-electron chi connectivity index (χ0n) is 12.0. The van der Waals surface area contributed by atoms with Crippen LogP contribution in [0.1, 0.15) is 25.7 Å². The molecule has 1 aliphatic carbocycles. The number of nitrogens with zero attached hydrogens (tertiary/aromatic N) is 3. The molecule has 0 radical (unpaired) electrons. The zero-order chi connectivity index (χ0) is 14.2. The minimum absolute atomic E-state index is 0.100. The van der Waals surface area contributed by atoms with Gasteiger partial charge in [0.05, 0.1) is 12.1 Å². The van der Waals surface area contributed by atoms with Crippen LogP contribution < -0.4 is 5.73 Å². The average molecular weight is 280 g/mol. The summed E-state index contributed by atoms with van der Waals surface area (Å²) in [6.07, 6.45) is 3.90. The molecule has 0 bridgehead atoms. The predicted molar refractivity (Wildman–Crippen MR) is 75.0 cm³/mol. The van der Waals surface area contributed by atoms with E-state index in [1.54, 1.807) is 0 Å². The fraction of sp³-hybridized carbons (Fsp3) is 0.857. The molecule has 0 unspecified atom stereocenters. The molecule has 0 aromatic rings. The fourth-order valence-corrected chi connectivity index (χ4v) is 3.03. The maximum atomic E-state index is 12.1. The van der Waals surface area contributed by atoms with Crippen molar-refractivity contribution >= 4 is 11.8 Å². The van der Waals surface area contributed by atoms with Gasteiger partial charge in [0.15, 0.2) is 0 Å². The minimum Gasteiger partial charge on any atom is -0.342 e. The van der Waals surface area contributed by atoms with Crippen LogP contribution in [0.5, 0.6) is 0 Å². The standard InChI is InChI=1S/C14H24N4O2/c15-14(3-4-14)13(20)18-9-7-16(8-10-18)11-12(19)17-5-1-2-6-17/h1-11,15H2. The lowest BCUT2D eigenvalue weighted by Crippen LogP contribution is -2.55. The van der Waals surface area contributed by atoms with E-state index in [9.17, 15) is 9.59 Å². The van der Waals surface area contributed by atoms with E-state index in [-0.39, 0.29) is 11.8 Å². The van der Waals surface area contributed by atoms with Crippen LogP contribution in [0.4, 0.5) is 0 Å². The Hall–Kier alpha value is -1.14. The number of hydrogen-bond acceptors (Lipinski definition) is 4. The van der Waals surface area contributed by atoms with Gasteiger partial charge in [-0.05, 0) is 25.7 Å². The summed E-state index contributed by atoms with van der Waals surface area (Å²) >= 11 is 0. The monoisotopic (exact) mass is 280 g/mol. The van der Waals surface area contributed by atoms with Crippen molar-refractivity contribution in [1.29, 1.82) is 0 Å². The second-order valence-corrected chi connectivity index (χ2v) is 6.31. The van der Waals surface area contributed by atoms with Gasteiger partial charge < -0.3 is 15.5 Å². The summed E-state index contributed by atoms with van der Waals surface area (Å²) in [5.41, 5.74) is 5.39. The number of piperazine rings is 1. The van der Waals surface area contributed by atoms with Gasteiger partial charge >= 0.3 is 0 Å². The second kappa shape index (κ2) is 5.33. The van der Waals surface area contributed by atoms with Gasteiger partial charge in [0.25, 0.3) is 0 Å². The quantitative estimate of drug-likeness (QED) is 0.738. The lowest BCUT2D eigenvalue weighted by Gasteiger charge is -2.36. The Balaban J connectivity index is 1.44. The molecule has 3 aliphatic rings. The number of amides is 2.